The van der Waals surface area contributed by atoms with Crippen molar-refractivity contribution in [1.29, 1.82) is 0 Å². The van der Waals surface area contributed by atoms with Crippen LogP contribution in [0.25, 0.3) is 0 Å². The van der Waals surface area contributed by atoms with Crippen LogP contribution in [0, 0.1) is 12.8 Å². The summed E-state index contributed by atoms with van der Waals surface area (Å²) in [6, 6.07) is 4.13. The Kier molecular flexibility index (Phi) is 6.75. The molecule has 0 radical (unpaired) electrons. The SMILES string of the molecule is CCN(Cc1ccc(C)o1)C(=O)NCC(C(C)C)N(C)C. The summed E-state index contributed by atoms with van der Waals surface area (Å²) in [6.07, 6.45) is 0. The van der Waals surface area contributed by atoms with Crippen molar-refractivity contribution in [3.63, 3.8) is 0 Å². The fourth-order valence-corrected chi connectivity index (χ4v) is 2.40. The maximum atomic E-state index is 12.3. The van der Waals surface area contributed by atoms with E-state index in [2.05, 4.69) is 24.1 Å². The first-order valence-corrected chi connectivity index (χ1v) is 7.59. The number of rotatable bonds is 7. The molecule has 0 saturated carbocycles. The number of nitrogens with one attached hydrogen (secondary N) is 1. The molecule has 1 aromatic heterocycles. The lowest BCUT2D eigenvalue weighted by atomic mass is 10.0. The molecule has 1 heterocycles. The summed E-state index contributed by atoms with van der Waals surface area (Å²) >= 11 is 0. The number of hydrogen-bond acceptors (Lipinski definition) is 3. The number of likely N-dealkylation sites (N-methyl/N-ethyl adjacent to an activating group) is 1. The van der Waals surface area contributed by atoms with E-state index < -0.39 is 0 Å². The van der Waals surface area contributed by atoms with E-state index in [4.69, 9.17) is 4.42 Å². The first kappa shape index (κ1) is 17.6. The number of urea groups is 1. The van der Waals surface area contributed by atoms with E-state index in [1.54, 1.807) is 4.90 Å². The molecule has 0 saturated heterocycles. The van der Waals surface area contributed by atoms with Crippen LogP contribution in [-0.2, 0) is 6.54 Å². The maximum absolute atomic E-state index is 12.3. The summed E-state index contributed by atoms with van der Waals surface area (Å²) in [5.41, 5.74) is 0. The van der Waals surface area contributed by atoms with Gasteiger partial charge >= 0.3 is 6.03 Å². The van der Waals surface area contributed by atoms with Gasteiger partial charge in [0.25, 0.3) is 0 Å². The van der Waals surface area contributed by atoms with Crippen molar-refractivity contribution >= 4 is 6.03 Å². The minimum Gasteiger partial charge on any atom is -0.464 e. The minimum atomic E-state index is -0.0425. The van der Waals surface area contributed by atoms with E-state index in [-0.39, 0.29) is 6.03 Å². The second-order valence-electron chi connectivity index (χ2n) is 5.99. The van der Waals surface area contributed by atoms with Crippen LogP contribution in [-0.4, -0.2) is 49.1 Å². The highest BCUT2D eigenvalue weighted by Crippen LogP contribution is 2.10. The van der Waals surface area contributed by atoms with Crippen LogP contribution in [0.4, 0.5) is 4.79 Å². The number of furan rings is 1. The van der Waals surface area contributed by atoms with Gasteiger partial charge in [-0.3, -0.25) is 0 Å². The maximum Gasteiger partial charge on any atom is 0.317 e. The molecule has 21 heavy (non-hydrogen) atoms. The van der Waals surface area contributed by atoms with Gasteiger partial charge in [-0.1, -0.05) is 13.8 Å². The van der Waals surface area contributed by atoms with Crippen LogP contribution < -0.4 is 5.32 Å². The number of carbonyl (C=O) groups is 1. The Morgan fingerprint density at radius 1 is 1.33 bits per heavy atom. The number of aryl methyl sites for hydroxylation is 1. The van der Waals surface area contributed by atoms with Gasteiger partial charge in [-0.05, 0) is 46.0 Å². The van der Waals surface area contributed by atoms with Crippen molar-refractivity contribution < 1.29 is 9.21 Å². The summed E-state index contributed by atoms with van der Waals surface area (Å²) in [4.78, 5) is 16.2. The van der Waals surface area contributed by atoms with Gasteiger partial charge in [-0.2, -0.15) is 0 Å². The number of nitrogens with zero attached hydrogens (tertiary/aromatic N) is 2. The molecule has 0 aliphatic carbocycles. The van der Waals surface area contributed by atoms with Crippen LogP contribution in [0.1, 0.15) is 32.3 Å². The lowest BCUT2D eigenvalue weighted by Gasteiger charge is -2.29. The summed E-state index contributed by atoms with van der Waals surface area (Å²) in [5, 5.41) is 3.03. The third-order valence-corrected chi connectivity index (χ3v) is 3.71. The van der Waals surface area contributed by atoms with Crippen molar-refractivity contribution in [2.75, 3.05) is 27.2 Å². The zero-order valence-corrected chi connectivity index (χ0v) is 14.1. The predicted octanol–water partition coefficient (Wildman–Crippen LogP) is 2.71. The molecular weight excluding hydrogens is 266 g/mol. The Bertz CT molecular complexity index is 432. The predicted molar refractivity (Wildman–Crippen MR) is 85.2 cm³/mol. The second-order valence-corrected chi connectivity index (χ2v) is 5.99. The summed E-state index contributed by atoms with van der Waals surface area (Å²) in [5.74, 6) is 2.18. The van der Waals surface area contributed by atoms with E-state index in [0.29, 0.717) is 31.6 Å². The Morgan fingerprint density at radius 3 is 2.43 bits per heavy atom. The van der Waals surface area contributed by atoms with E-state index in [1.807, 2.05) is 40.1 Å². The van der Waals surface area contributed by atoms with Crippen molar-refractivity contribution in [2.24, 2.45) is 5.92 Å². The highest BCUT2D eigenvalue weighted by molar-refractivity contribution is 5.74. The van der Waals surface area contributed by atoms with Gasteiger partial charge in [0.2, 0.25) is 0 Å². The third-order valence-electron chi connectivity index (χ3n) is 3.71. The van der Waals surface area contributed by atoms with Crippen molar-refractivity contribution in [3.05, 3.63) is 23.7 Å². The standard InChI is InChI=1S/C16H29N3O2/c1-7-19(11-14-9-8-13(4)21-14)16(20)17-10-15(12(2)3)18(5)6/h8-9,12,15H,7,10-11H2,1-6H3,(H,17,20). The molecule has 0 aliphatic heterocycles. The number of amides is 2. The zero-order chi connectivity index (χ0) is 16.0. The van der Waals surface area contributed by atoms with Crippen LogP contribution in [0.2, 0.25) is 0 Å². The molecule has 2 amide bonds. The largest absolute Gasteiger partial charge is 0.464 e. The Balaban J connectivity index is 2.55. The van der Waals surface area contributed by atoms with Gasteiger partial charge in [-0.25, -0.2) is 4.79 Å². The lowest BCUT2D eigenvalue weighted by molar-refractivity contribution is 0.181. The molecule has 0 bridgehead atoms. The number of carbonyl (C=O) groups excluding carboxylic acids is 1. The van der Waals surface area contributed by atoms with Crippen molar-refractivity contribution in [1.82, 2.24) is 15.1 Å². The molecule has 1 atom stereocenters. The van der Waals surface area contributed by atoms with E-state index >= 15 is 0 Å². The fraction of sp³-hybridized carbons (Fsp3) is 0.688. The van der Waals surface area contributed by atoms with E-state index in [0.717, 1.165) is 11.5 Å². The normalized spacial score (nSPS) is 12.8. The van der Waals surface area contributed by atoms with Gasteiger partial charge in [0.05, 0.1) is 6.54 Å². The lowest BCUT2D eigenvalue weighted by Crippen LogP contribution is -2.47. The Hall–Kier alpha value is -1.49. The summed E-state index contributed by atoms with van der Waals surface area (Å²) in [6.45, 7) is 10.0. The highest BCUT2D eigenvalue weighted by atomic mass is 16.3. The first-order valence-electron chi connectivity index (χ1n) is 7.59. The first-order chi connectivity index (χ1) is 9.85. The molecule has 1 unspecified atom stereocenters. The molecule has 5 nitrogen and oxygen atoms in total. The summed E-state index contributed by atoms with van der Waals surface area (Å²) in [7, 11) is 4.08. The molecule has 0 fully saturated rings. The average molecular weight is 295 g/mol. The highest BCUT2D eigenvalue weighted by Gasteiger charge is 2.19. The van der Waals surface area contributed by atoms with Gasteiger partial charge in [0.15, 0.2) is 0 Å². The van der Waals surface area contributed by atoms with Gasteiger partial charge in [0.1, 0.15) is 11.5 Å². The molecule has 5 heteroatoms. The second kappa shape index (κ2) is 8.08. The van der Waals surface area contributed by atoms with E-state index in [9.17, 15) is 4.79 Å². The van der Waals surface area contributed by atoms with Gasteiger partial charge < -0.3 is 19.5 Å². The molecule has 1 aromatic rings. The molecule has 0 aromatic carbocycles. The van der Waals surface area contributed by atoms with Crippen LogP contribution in [0.3, 0.4) is 0 Å². The number of hydrogen-bond donors (Lipinski definition) is 1. The fourth-order valence-electron chi connectivity index (χ4n) is 2.40. The van der Waals surface area contributed by atoms with Crippen LogP contribution in [0.5, 0.6) is 0 Å². The topological polar surface area (TPSA) is 48.7 Å². The Labute approximate surface area is 128 Å². The molecule has 120 valence electrons. The minimum absolute atomic E-state index is 0.0425. The van der Waals surface area contributed by atoms with Gasteiger partial charge in [-0.15, -0.1) is 0 Å². The molecular formula is C16H29N3O2. The molecule has 0 spiro atoms. The summed E-state index contributed by atoms with van der Waals surface area (Å²) < 4.78 is 5.54. The molecule has 1 N–H and O–H groups in total. The third kappa shape index (κ3) is 5.42. The molecule has 0 aliphatic rings. The monoisotopic (exact) mass is 295 g/mol. The van der Waals surface area contributed by atoms with Gasteiger partial charge in [0, 0.05) is 19.1 Å². The zero-order valence-electron chi connectivity index (χ0n) is 14.1. The van der Waals surface area contributed by atoms with Crippen LogP contribution in [0.15, 0.2) is 16.5 Å². The van der Waals surface area contributed by atoms with Crippen molar-refractivity contribution in [2.45, 2.75) is 40.3 Å². The quantitative estimate of drug-likeness (QED) is 0.841. The Morgan fingerprint density at radius 2 is 2.00 bits per heavy atom. The average Bonchev–Trinajstić information content (AvgIpc) is 2.80. The van der Waals surface area contributed by atoms with E-state index in [1.165, 1.54) is 0 Å². The molecule has 1 rings (SSSR count). The van der Waals surface area contributed by atoms with Crippen molar-refractivity contribution in [3.8, 4) is 0 Å². The smallest absolute Gasteiger partial charge is 0.317 e. The van der Waals surface area contributed by atoms with Crippen LogP contribution >= 0.6 is 0 Å².